The lowest BCUT2D eigenvalue weighted by atomic mass is 9.95. The predicted octanol–water partition coefficient (Wildman–Crippen LogP) is 7.50. The zero-order valence-corrected chi connectivity index (χ0v) is 15.6. The van der Waals surface area contributed by atoms with Crippen molar-refractivity contribution >= 4 is 11.3 Å². The summed E-state index contributed by atoms with van der Waals surface area (Å²) in [6, 6.07) is 16.4. The van der Waals surface area contributed by atoms with Crippen LogP contribution in [0.5, 0.6) is 0 Å². The molecule has 4 rings (SSSR count). The molecule has 1 saturated carbocycles. The highest BCUT2D eigenvalue weighted by Crippen LogP contribution is 2.36. The molecule has 1 aliphatic carbocycles. The Hall–Kier alpha value is -1.93. The smallest absolute Gasteiger partial charge is 0.132 e. The van der Waals surface area contributed by atoms with Crippen molar-refractivity contribution in [2.45, 2.75) is 45.4 Å². The van der Waals surface area contributed by atoms with Crippen molar-refractivity contribution in [3.05, 3.63) is 70.4 Å². The van der Waals surface area contributed by atoms with Crippen molar-refractivity contribution in [2.75, 3.05) is 0 Å². The third kappa shape index (κ3) is 3.28. The molecule has 0 N–H and O–H groups in total. The molecule has 0 unspecified atom stereocenters. The standard InChI is InChI=1S/C23H23FS/c1-15-13-23(25-16(15)2)21-12-11-20(14-22(21)24)19-9-7-18(8-10-19)17-5-3-4-6-17/h7-14,17H,3-6H2,1-2H3. The summed E-state index contributed by atoms with van der Waals surface area (Å²) >= 11 is 1.66. The molecular weight excluding hydrogens is 327 g/mol. The van der Waals surface area contributed by atoms with Crippen molar-refractivity contribution in [1.82, 2.24) is 0 Å². The van der Waals surface area contributed by atoms with Crippen LogP contribution in [0.2, 0.25) is 0 Å². The Balaban J connectivity index is 1.61. The number of aryl methyl sites for hydroxylation is 2. The average molecular weight is 351 g/mol. The van der Waals surface area contributed by atoms with Gasteiger partial charge >= 0.3 is 0 Å². The van der Waals surface area contributed by atoms with Gasteiger partial charge in [0.05, 0.1) is 0 Å². The number of hydrogen-bond donors (Lipinski definition) is 0. The maximum absolute atomic E-state index is 14.7. The fourth-order valence-electron chi connectivity index (χ4n) is 3.81. The molecule has 0 amide bonds. The molecule has 0 aliphatic heterocycles. The van der Waals surface area contributed by atoms with E-state index < -0.39 is 0 Å². The molecule has 1 aliphatic rings. The second-order valence-corrected chi connectivity index (χ2v) is 8.40. The molecular formula is C23H23FS. The average Bonchev–Trinajstić information content (AvgIpc) is 3.26. The summed E-state index contributed by atoms with van der Waals surface area (Å²) in [6.07, 6.45) is 5.31. The van der Waals surface area contributed by atoms with Crippen molar-refractivity contribution in [1.29, 1.82) is 0 Å². The van der Waals surface area contributed by atoms with E-state index in [-0.39, 0.29) is 5.82 Å². The second kappa shape index (κ2) is 6.76. The third-order valence-corrected chi connectivity index (χ3v) is 6.66. The molecule has 1 heterocycles. The van der Waals surface area contributed by atoms with Crippen LogP contribution in [-0.4, -0.2) is 0 Å². The normalized spacial score (nSPS) is 15.0. The Bertz CT molecular complexity index is 863. The van der Waals surface area contributed by atoms with Gasteiger partial charge in [0.25, 0.3) is 0 Å². The zero-order valence-electron chi connectivity index (χ0n) is 14.8. The Labute approximate surface area is 153 Å². The van der Waals surface area contributed by atoms with Gasteiger partial charge in [0.1, 0.15) is 5.82 Å². The summed E-state index contributed by atoms with van der Waals surface area (Å²) in [5, 5.41) is 0. The minimum Gasteiger partial charge on any atom is -0.206 e. The summed E-state index contributed by atoms with van der Waals surface area (Å²) in [4.78, 5) is 2.26. The molecule has 1 fully saturated rings. The number of hydrogen-bond acceptors (Lipinski definition) is 1. The number of halogens is 1. The maximum atomic E-state index is 14.7. The third-order valence-electron chi connectivity index (χ3n) is 5.47. The molecule has 128 valence electrons. The summed E-state index contributed by atoms with van der Waals surface area (Å²) in [7, 11) is 0. The predicted molar refractivity (Wildman–Crippen MR) is 106 cm³/mol. The van der Waals surface area contributed by atoms with E-state index in [4.69, 9.17) is 0 Å². The first-order valence-corrected chi connectivity index (χ1v) is 9.91. The van der Waals surface area contributed by atoms with Gasteiger partial charge in [-0.15, -0.1) is 11.3 Å². The molecule has 0 nitrogen and oxygen atoms in total. The van der Waals surface area contributed by atoms with Gasteiger partial charge in [-0.1, -0.05) is 43.2 Å². The number of benzene rings is 2. The van der Waals surface area contributed by atoms with Crippen molar-refractivity contribution in [3.63, 3.8) is 0 Å². The topological polar surface area (TPSA) is 0 Å². The minimum atomic E-state index is -0.140. The van der Waals surface area contributed by atoms with Gasteiger partial charge in [-0.3, -0.25) is 0 Å². The Morgan fingerprint density at radius 1 is 0.880 bits per heavy atom. The van der Waals surface area contributed by atoms with E-state index in [1.54, 1.807) is 17.4 Å². The first-order valence-electron chi connectivity index (χ1n) is 9.09. The van der Waals surface area contributed by atoms with Crippen LogP contribution >= 0.6 is 11.3 Å². The van der Waals surface area contributed by atoms with Gasteiger partial charge in [-0.25, -0.2) is 4.39 Å². The highest BCUT2D eigenvalue weighted by atomic mass is 32.1. The summed E-state index contributed by atoms with van der Waals surface area (Å²) in [6.45, 7) is 4.16. The monoisotopic (exact) mass is 350 g/mol. The SMILES string of the molecule is Cc1cc(-c2ccc(-c3ccc(C4CCCC4)cc3)cc2F)sc1C. The van der Waals surface area contributed by atoms with Crippen LogP contribution < -0.4 is 0 Å². The second-order valence-electron chi connectivity index (χ2n) is 7.15. The Morgan fingerprint density at radius 3 is 2.16 bits per heavy atom. The van der Waals surface area contributed by atoms with E-state index in [1.807, 2.05) is 12.1 Å². The zero-order chi connectivity index (χ0) is 17.4. The Kier molecular flexibility index (Phi) is 4.47. The molecule has 0 spiro atoms. The fourth-order valence-corrected chi connectivity index (χ4v) is 4.87. The van der Waals surface area contributed by atoms with Gasteiger partial charge in [0.15, 0.2) is 0 Å². The molecule has 2 aromatic carbocycles. The van der Waals surface area contributed by atoms with Crippen LogP contribution in [0.3, 0.4) is 0 Å². The van der Waals surface area contributed by atoms with E-state index in [0.29, 0.717) is 5.56 Å². The molecule has 0 radical (unpaired) electrons. The summed E-state index contributed by atoms with van der Waals surface area (Å²) in [5.74, 6) is 0.581. The van der Waals surface area contributed by atoms with Gasteiger partial charge in [0.2, 0.25) is 0 Å². The highest BCUT2D eigenvalue weighted by molar-refractivity contribution is 7.15. The Morgan fingerprint density at radius 2 is 1.56 bits per heavy atom. The van der Waals surface area contributed by atoms with Crippen LogP contribution in [0, 0.1) is 19.7 Å². The van der Waals surface area contributed by atoms with Crippen molar-refractivity contribution in [2.24, 2.45) is 0 Å². The van der Waals surface area contributed by atoms with Gasteiger partial charge in [-0.05, 0) is 73.1 Å². The van der Waals surface area contributed by atoms with Crippen LogP contribution in [0.25, 0.3) is 21.6 Å². The van der Waals surface area contributed by atoms with Crippen LogP contribution in [0.4, 0.5) is 4.39 Å². The highest BCUT2D eigenvalue weighted by Gasteiger charge is 2.17. The molecule has 25 heavy (non-hydrogen) atoms. The van der Waals surface area contributed by atoms with E-state index in [9.17, 15) is 4.39 Å². The van der Waals surface area contributed by atoms with Gasteiger partial charge in [-0.2, -0.15) is 0 Å². The molecule has 2 heteroatoms. The quantitative estimate of drug-likeness (QED) is 0.459. The van der Waals surface area contributed by atoms with E-state index >= 15 is 0 Å². The summed E-state index contributed by atoms with van der Waals surface area (Å²) in [5.41, 5.74) is 5.40. The van der Waals surface area contributed by atoms with Gasteiger partial charge < -0.3 is 0 Å². The number of thiophene rings is 1. The first-order chi connectivity index (χ1) is 12.1. The summed E-state index contributed by atoms with van der Waals surface area (Å²) < 4.78 is 14.7. The first kappa shape index (κ1) is 16.5. The van der Waals surface area contributed by atoms with E-state index in [1.165, 1.54) is 41.7 Å². The molecule has 3 aromatic rings. The van der Waals surface area contributed by atoms with Crippen LogP contribution in [0.15, 0.2) is 48.5 Å². The van der Waals surface area contributed by atoms with E-state index in [2.05, 4.69) is 44.2 Å². The lowest BCUT2D eigenvalue weighted by molar-refractivity contribution is 0.632. The molecule has 1 aromatic heterocycles. The lowest BCUT2D eigenvalue weighted by Gasteiger charge is -2.11. The van der Waals surface area contributed by atoms with E-state index in [0.717, 1.165) is 21.9 Å². The number of rotatable bonds is 3. The molecule has 0 bridgehead atoms. The van der Waals surface area contributed by atoms with Crippen LogP contribution in [0.1, 0.15) is 47.6 Å². The van der Waals surface area contributed by atoms with Crippen molar-refractivity contribution in [3.8, 4) is 21.6 Å². The van der Waals surface area contributed by atoms with Crippen molar-refractivity contribution < 1.29 is 4.39 Å². The lowest BCUT2D eigenvalue weighted by Crippen LogP contribution is -1.92. The van der Waals surface area contributed by atoms with Crippen LogP contribution in [-0.2, 0) is 0 Å². The molecule has 0 atom stereocenters. The minimum absolute atomic E-state index is 0.140. The maximum Gasteiger partial charge on any atom is 0.132 e. The molecule has 0 saturated heterocycles. The fraction of sp³-hybridized carbons (Fsp3) is 0.304. The largest absolute Gasteiger partial charge is 0.206 e. The van der Waals surface area contributed by atoms with Gasteiger partial charge in [0, 0.05) is 15.3 Å².